The van der Waals surface area contributed by atoms with Crippen molar-refractivity contribution in [2.75, 3.05) is 13.2 Å². The molecule has 3 atom stereocenters. The largest absolute Gasteiger partial charge is 0.465 e. The van der Waals surface area contributed by atoms with Crippen LogP contribution in [0.15, 0.2) is 0 Å². The summed E-state index contributed by atoms with van der Waals surface area (Å²) in [7, 11) is 0. The van der Waals surface area contributed by atoms with Crippen LogP contribution in [0.25, 0.3) is 0 Å². The summed E-state index contributed by atoms with van der Waals surface area (Å²) >= 11 is 0. The summed E-state index contributed by atoms with van der Waals surface area (Å²) in [6.45, 7) is 14.5. The van der Waals surface area contributed by atoms with Crippen LogP contribution in [0.3, 0.4) is 0 Å². The van der Waals surface area contributed by atoms with Crippen LogP contribution in [0.1, 0.15) is 183 Å². The topological polar surface area (TPSA) is 52.6 Å². The van der Waals surface area contributed by atoms with Gasteiger partial charge < -0.3 is 9.47 Å². The lowest BCUT2D eigenvalue weighted by Crippen LogP contribution is -2.19. The molecular formula is C36H70O4. The zero-order valence-corrected chi connectivity index (χ0v) is 27.9. The van der Waals surface area contributed by atoms with E-state index in [0.29, 0.717) is 49.7 Å². The Balaban J connectivity index is 3.70. The fourth-order valence-electron chi connectivity index (χ4n) is 5.50. The summed E-state index contributed by atoms with van der Waals surface area (Å²) in [6, 6.07) is 0. The van der Waals surface area contributed by atoms with Crippen LogP contribution >= 0.6 is 0 Å². The summed E-state index contributed by atoms with van der Waals surface area (Å²) in [5, 5.41) is 0. The quantitative estimate of drug-likeness (QED) is 0.0667. The molecule has 0 aliphatic rings. The van der Waals surface area contributed by atoms with Crippen LogP contribution in [0.4, 0.5) is 0 Å². The van der Waals surface area contributed by atoms with Gasteiger partial charge in [-0.1, -0.05) is 144 Å². The lowest BCUT2D eigenvalue weighted by molar-refractivity contribution is -0.147. The van der Waals surface area contributed by atoms with Crippen LogP contribution in [0.5, 0.6) is 0 Å². The van der Waals surface area contributed by atoms with Gasteiger partial charge in [0.05, 0.1) is 13.2 Å². The van der Waals surface area contributed by atoms with Crippen molar-refractivity contribution in [2.45, 2.75) is 183 Å². The zero-order chi connectivity index (χ0) is 29.8. The Hall–Kier alpha value is -1.06. The van der Waals surface area contributed by atoms with Gasteiger partial charge in [0, 0.05) is 12.8 Å². The van der Waals surface area contributed by atoms with Gasteiger partial charge in [-0.05, 0) is 49.4 Å². The summed E-state index contributed by atoms with van der Waals surface area (Å²) in [4.78, 5) is 24.4. The summed E-state index contributed by atoms with van der Waals surface area (Å²) < 4.78 is 11.2. The van der Waals surface area contributed by atoms with E-state index in [-0.39, 0.29) is 11.9 Å². The van der Waals surface area contributed by atoms with Crippen LogP contribution in [-0.4, -0.2) is 25.2 Å². The minimum atomic E-state index is -0.00230. The third kappa shape index (κ3) is 23.6. The minimum absolute atomic E-state index is 0.00230. The summed E-state index contributed by atoms with van der Waals surface area (Å²) in [5.74, 6) is 2.05. The number of unbranched alkanes of at least 4 members (excludes halogenated alkanes) is 12. The molecule has 0 amide bonds. The lowest BCUT2D eigenvalue weighted by atomic mass is 9.87. The van der Waals surface area contributed by atoms with Gasteiger partial charge >= 0.3 is 11.9 Å². The maximum Gasteiger partial charge on any atom is 0.306 e. The molecule has 0 saturated heterocycles. The maximum atomic E-state index is 12.4. The van der Waals surface area contributed by atoms with Crippen molar-refractivity contribution in [2.24, 2.45) is 23.7 Å². The number of carbonyl (C=O) groups excluding carboxylic acids is 2. The van der Waals surface area contributed by atoms with Gasteiger partial charge in [-0.15, -0.1) is 0 Å². The molecule has 0 saturated carbocycles. The van der Waals surface area contributed by atoms with Crippen molar-refractivity contribution in [1.29, 1.82) is 0 Å². The smallest absolute Gasteiger partial charge is 0.306 e. The van der Waals surface area contributed by atoms with Crippen molar-refractivity contribution < 1.29 is 19.1 Å². The normalized spacial score (nSPS) is 13.8. The van der Waals surface area contributed by atoms with Gasteiger partial charge in [-0.25, -0.2) is 0 Å². The Morgan fingerprint density at radius 2 is 0.950 bits per heavy atom. The Kier molecular flexibility index (Phi) is 27.3. The zero-order valence-electron chi connectivity index (χ0n) is 27.9. The minimum Gasteiger partial charge on any atom is -0.465 e. The van der Waals surface area contributed by atoms with E-state index in [9.17, 15) is 9.59 Å². The number of ether oxygens (including phenoxy) is 2. The molecule has 4 heteroatoms. The molecule has 0 fully saturated rings. The molecule has 40 heavy (non-hydrogen) atoms. The Morgan fingerprint density at radius 1 is 0.525 bits per heavy atom. The first-order valence-corrected chi connectivity index (χ1v) is 17.7. The number of rotatable bonds is 29. The van der Waals surface area contributed by atoms with Gasteiger partial charge in [-0.2, -0.15) is 0 Å². The Labute approximate surface area is 250 Å². The Morgan fingerprint density at radius 3 is 1.38 bits per heavy atom. The van der Waals surface area contributed by atoms with E-state index in [1.807, 2.05) is 0 Å². The third-order valence-electron chi connectivity index (χ3n) is 8.87. The first kappa shape index (κ1) is 38.9. The summed E-state index contributed by atoms with van der Waals surface area (Å²) in [5.41, 5.74) is 0. The van der Waals surface area contributed by atoms with Gasteiger partial charge in [0.2, 0.25) is 0 Å². The Bertz CT molecular complexity index is 573. The van der Waals surface area contributed by atoms with Crippen LogP contribution < -0.4 is 0 Å². The standard InChI is InChI=1S/C36H70O4/c1-7-11-24-32(9-3)29-39-35(37)27-23-21-19-17-15-13-14-16-18-20-22-26-34(31(5)6)28-36(38)40-30-33(10-4)25-12-8-2/h31-34H,7-30H2,1-6H3. The van der Waals surface area contributed by atoms with E-state index in [4.69, 9.17) is 9.47 Å². The molecule has 238 valence electrons. The molecule has 4 nitrogen and oxygen atoms in total. The average molecular weight is 567 g/mol. The average Bonchev–Trinajstić information content (AvgIpc) is 2.94. The molecule has 0 heterocycles. The van der Waals surface area contributed by atoms with E-state index in [1.165, 1.54) is 96.3 Å². The molecule has 0 aromatic rings. The predicted octanol–water partition coefficient (Wildman–Crippen LogP) is 11.2. The number of carbonyl (C=O) groups is 2. The predicted molar refractivity (Wildman–Crippen MR) is 171 cm³/mol. The molecule has 0 aromatic carbocycles. The van der Waals surface area contributed by atoms with Crippen LogP contribution in [0.2, 0.25) is 0 Å². The second kappa shape index (κ2) is 28.1. The van der Waals surface area contributed by atoms with Gasteiger partial charge in [0.15, 0.2) is 0 Å². The highest BCUT2D eigenvalue weighted by Crippen LogP contribution is 2.24. The van der Waals surface area contributed by atoms with Gasteiger partial charge in [0.25, 0.3) is 0 Å². The van der Waals surface area contributed by atoms with Crippen molar-refractivity contribution >= 4 is 11.9 Å². The molecule has 0 spiro atoms. The monoisotopic (exact) mass is 567 g/mol. The molecule has 0 bridgehead atoms. The highest BCUT2D eigenvalue weighted by Gasteiger charge is 2.19. The summed E-state index contributed by atoms with van der Waals surface area (Å²) in [6.07, 6.45) is 25.5. The highest BCUT2D eigenvalue weighted by atomic mass is 16.5. The molecular weight excluding hydrogens is 496 g/mol. The third-order valence-corrected chi connectivity index (χ3v) is 8.87. The molecule has 0 rings (SSSR count). The fourth-order valence-corrected chi connectivity index (χ4v) is 5.50. The van der Waals surface area contributed by atoms with Crippen molar-refractivity contribution in [3.8, 4) is 0 Å². The maximum absolute atomic E-state index is 12.4. The molecule has 3 unspecified atom stereocenters. The van der Waals surface area contributed by atoms with Crippen LogP contribution in [-0.2, 0) is 19.1 Å². The molecule has 0 aliphatic carbocycles. The van der Waals surface area contributed by atoms with Crippen molar-refractivity contribution in [3.05, 3.63) is 0 Å². The first-order valence-electron chi connectivity index (χ1n) is 17.7. The fraction of sp³-hybridized carbons (Fsp3) is 0.944. The molecule has 0 N–H and O–H groups in total. The van der Waals surface area contributed by atoms with Gasteiger partial charge in [0.1, 0.15) is 0 Å². The molecule has 0 radical (unpaired) electrons. The van der Waals surface area contributed by atoms with E-state index in [0.717, 1.165) is 32.1 Å². The van der Waals surface area contributed by atoms with Crippen molar-refractivity contribution in [3.63, 3.8) is 0 Å². The van der Waals surface area contributed by atoms with Crippen LogP contribution in [0, 0.1) is 23.7 Å². The van der Waals surface area contributed by atoms with E-state index in [1.54, 1.807) is 0 Å². The van der Waals surface area contributed by atoms with E-state index in [2.05, 4.69) is 41.5 Å². The lowest BCUT2D eigenvalue weighted by Gasteiger charge is -2.21. The molecule has 0 aromatic heterocycles. The number of esters is 2. The van der Waals surface area contributed by atoms with Gasteiger partial charge in [-0.3, -0.25) is 9.59 Å². The first-order chi connectivity index (χ1) is 19.4. The number of hydrogen-bond acceptors (Lipinski definition) is 4. The molecule has 0 aliphatic heterocycles. The SMILES string of the molecule is CCCCC(CC)COC(=O)CCCCCCCCCCCCCC(CC(=O)OCC(CC)CCCC)C(C)C. The highest BCUT2D eigenvalue weighted by molar-refractivity contribution is 5.69. The second-order valence-corrected chi connectivity index (χ2v) is 12.8. The van der Waals surface area contributed by atoms with E-state index < -0.39 is 0 Å². The number of hydrogen-bond donors (Lipinski definition) is 0. The van der Waals surface area contributed by atoms with Crippen molar-refractivity contribution in [1.82, 2.24) is 0 Å². The second-order valence-electron chi connectivity index (χ2n) is 12.8. The van der Waals surface area contributed by atoms with E-state index >= 15 is 0 Å².